The number of hydrogen-bond acceptors (Lipinski definition) is 6. The molecule has 6 nitrogen and oxygen atoms in total. The van der Waals surface area contributed by atoms with E-state index >= 15 is 0 Å². The van der Waals surface area contributed by atoms with Gasteiger partial charge in [0.25, 0.3) is 0 Å². The predicted octanol–water partition coefficient (Wildman–Crippen LogP) is -7.36. The summed E-state index contributed by atoms with van der Waals surface area (Å²) in [6, 6.07) is 0. The van der Waals surface area contributed by atoms with Crippen LogP contribution < -0.4 is 59.1 Å². The molecule has 0 aliphatic rings. The van der Waals surface area contributed by atoms with Gasteiger partial charge in [0, 0.05) is 0 Å². The molecule has 0 unspecified atom stereocenters. The van der Waals surface area contributed by atoms with Crippen molar-refractivity contribution in [2.45, 2.75) is 0 Å². The average Bonchev–Trinajstić information content (AvgIpc) is 1.76. The zero-order valence-corrected chi connectivity index (χ0v) is 13.5. The summed E-state index contributed by atoms with van der Waals surface area (Å²) in [5.74, 6) is -1.61. The molecular weight excluding hydrogens is 254 g/mol. The Bertz CT molecular complexity index is 319. The van der Waals surface area contributed by atoms with Crippen LogP contribution in [0.1, 0.15) is 0 Å². The largest absolute Gasteiger partial charge is 1.00 e. The Balaban J connectivity index is -0.000000605. The molecule has 72 valence electrons. The van der Waals surface area contributed by atoms with Crippen LogP contribution in [0.2, 0.25) is 0 Å². The Morgan fingerprint density at radius 3 is 1.14 bits per heavy atom. The van der Waals surface area contributed by atoms with E-state index in [4.69, 9.17) is 0 Å². The second-order valence-corrected chi connectivity index (χ2v) is 4.82. The molecule has 0 atom stereocenters. The first-order chi connectivity index (χ1) is 5.21. The minimum Gasteiger partial charge on any atom is -0.748 e. The predicted molar refractivity (Wildman–Crippen MR) is 38.3 cm³/mol. The fourth-order valence-corrected chi connectivity index (χ4v) is 1.12. The summed E-state index contributed by atoms with van der Waals surface area (Å²) in [5.41, 5.74) is 0. The van der Waals surface area contributed by atoms with E-state index in [2.05, 4.69) is 0 Å². The van der Waals surface area contributed by atoms with E-state index in [0.29, 0.717) is 0 Å². The molecule has 0 radical (unpaired) electrons. The molecule has 0 N–H and O–H groups in total. The van der Waals surface area contributed by atoms with Crippen molar-refractivity contribution in [2.24, 2.45) is 0 Å². The molecule has 14 heavy (non-hydrogen) atoms. The fraction of sp³-hybridized carbons (Fsp3) is 0.500. The summed E-state index contributed by atoms with van der Waals surface area (Å²) in [4.78, 5) is 0. The van der Waals surface area contributed by atoms with E-state index in [-0.39, 0.29) is 59.1 Å². The smallest absolute Gasteiger partial charge is 0.748 e. The maximum Gasteiger partial charge on any atom is 1.00 e. The van der Waals surface area contributed by atoms with Gasteiger partial charge in [-0.3, -0.25) is 0 Å². The van der Waals surface area contributed by atoms with Crippen LogP contribution in [0.25, 0.3) is 0 Å². The van der Waals surface area contributed by atoms with Crippen molar-refractivity contribution < 1.29 is 85.1 Å². The van der Waals surface area contributed by atoms with Crippen molar-refractivity contribution in [1.82, 2.24) is 0 Å². The monoisotopic (exact) mass is 260 g/mol. The molecule has 0 saturated heterocycles. The topological polar surface area (TPSA) is 114 Å². The summed E-state index contributed by atoms with van der Waals surface area (Å²) in [7, 11) is -8.75. The molecule has 0 aromatic heterocycles. The first-order valence-electron chi connectivity index (χ1n) is 2.73. The molecule has 0 heterocycles. The van der Waals surface area contributed by atoms with E-state index in [1.807, 2.05) is 0 Å². The molecule has 0 fully saturated rings. The standard InChI is InChI=1S/C4H8O6S2.2Na/c5-11(6,7)3-1-2-4-12(8,9)10;;/h1-2H,3-4H2,(H,5,6,7)(H,8,9,10);;/q;2*+1/p-2. The van der Waals surface area contributed by atoms with Gasteiger partial charge in [0.15, 0.2) is 0 Å². The fourth-order valence-electron chi connectivity index (χ4n) is 0.372. The van der Waals surface area contributed by atoms with Gasteiger partial charge in [-0.2, -0.15) is 0 Å². The van der Waals surface area contributed by atoms with Crippen LogP contribution >= 0.6 is 0 Å². The minimum absolute atomic E-state index is 0. The SMILES string of the molecule is O=S(=O)([O-])CC=CCS(=O)(=O)[O-].[Na+].[Na+]. The third-order valence-corrected chi connectivity index (χ3v) is 1.97. The van der Waals surface area contributed by atoms with Crippen LogP contribution in [0.15, 0.2) is 12.2 Å². The number of hydrogen-bond donors (Lipinski definition) is 0. The van der Waals surface area contributed by atoms with Crippen LogP contribution in [-0.4, -0.2) is 37.4 Å². The van der Waals surface area contributed by atoms with Gasteiger partial charge in [0.05, 0.1) is 31.7 Å². The van der Waals surface area contributed by atoms with Gasteiger partial charge in [-0.25, -0.2) is 16.8 Å². The van der Waals surface area contributed by atoms with Gasteiger partial charge in [0.2, 0.25) is 0 Å². The van der Waals surface area contributed by atoms with Crippen molar-refractivity contribution >= 4 is 20.2 Å². The molecule has 0 spiro atoms. The Hall–Kier alpha value is 1.56. The Morgan fingerprint density at radius 1 is 0.786 bits per heavy atom. The van der Waals surface area contributed by atoms with Crippen LogP contribution in [0.5, 0.6) is 0 Å². The molecule has 0 amide bonds. The summed E-state index contributed by atoms with van der Waals surface area (Å²) in [6.45, 7) is 0. The van der Waals surface area contributed by atoms with Gasteiger partial charge in [0.1, 0.15) is 0 Å². The molecule has 0 aliphatic carbocycles. The van der Waals surface area contributed by atoms with E-state index in [1.54, 1.807) is 0 Å². The van der Waals surface area contributed by atoms with E-state index in [1.165, 1.54) is 0 Å². The van der Waals surface area contributed by atoms with Crippen molar-refractivity contribution in [1.29, 1.82) is 0 Å². The maximum atomic E-state index is 9.92. The van der Waals surface area contributed by atoms with E-state index in [0.717, 1.165) is 12.2 Å². The Morgan fingerprint density at radius 2 is 1.00 bits per heavy atom. The quantitative estimate of drug-likeness (QED) is 0.282. The normalized spacial score (nSPS) is 11.9. The Kier molecular flexibility index (Phi) is 13.0. The maximum absolute atomic E-state index is 9.92. The van der Waals surface area contributed by atoms with Crippen molar-refractivity contribution in [3.8, 4) is 0 Å². The summed E-state index contributed by atoms with van der Waals surface area (Å²) in [5, 5.41) is 0. The summed E-state index contributed by atoms with van der Waals surface area (Å²) >= 11 is 0. The van der Waals surface area contributed by atoms with Gasteiger partial charge in [-0.05, 0) is 0 Å². The first-order valence-corrected chi connectivity index (χ1v) is 5.88. The van der Waals surface area contributed by atoms with E-state index in [9.17, 15) is 25.9 Å². The molecular formula is C4H6Na2O6S2. The van der Waals surface area contributed by atoms with Crippen molar-refractivity contribution in [2.75, 3.05) is 11.5 Å². The molecule has 0 bridgehead atoms. The minimum atomic E-state index is -4.38. The molecule has 0 saturated carbocycles. The van der Waals surface area contributed by atoms with Crippen LogP contribution in [0.4, 0.5) is 0 Å². The van der Waals surface area contributed by atoms with Gasteiger partial charge in [-0.1, -0.05) is 12.2 Å². The molecule has 0 aliphatic heterocycles. The summed E-state index contributed by atoms with van der Waals surface area (Å²) in [6.07, 6.45) is 1.66. The molecule has 0 aromatic rings. The second kappa shape index (κ2) is 8.68. The van der Waals surface area contributed by atoms with Crippen LogP contribution in [-0.2, 0) is 20.2 Å². The molecule has 10 heteroatoms. The zero-order valence-electron chi connectivity index (χ0n) is 7.83. The zero-order chi connectivity index (χ0) is 9.83. The van der Waals surface area contributed by atoms with Crippen LogP contribution in [0.3, 0.4) is 0 Å². The third-order valence-electron chi connectivity index (χ3n) is 0.767. The second-order valence-electron chi connectivity index (χ2n) is 1.92. The summed E-state index contributed by atoms with van der Waals surface area (Å²) < 4.78 is 59.5. The van der Waals surface area contributed by atoms with Gasteiger partial charge < -0.3 is 9.11 Å². The molecule has 0 aromatic carbocycles. The van der Waals surface area contributed by atoms with Gasteiger partial charge in [-0.15, -0.1) is 0 Å². The van der Waals surface area contributed by atoms with Crippen molar-refractivity contribution in [3.05, 3.63) is 12.2 Å². The third kappa shape index (κ3) is 19.2. The number of rotatable bonds is 4. The van der Waals surface area contributed by atoms with Crippen LogP contribution in [0, 0.1) is 0 Å². The van der Waals surface area contributed by atoms with Crippen molar-refractivity contribution in [3.63, 3.8) is 0 Å². The van der Waals surface area contributed by atoms with Gasteiger partial charge >= 0.3 is 59.1 Å². The Labute approximate surface area is 127 Å². The first kappa shape index (κ1) is 20.9. The molecule has 0 rings (SSSR count). The van der Waals surface area contributed by atoms with E-state index < -0.39 is 31.7 Å². The average molecular weight is 260 g/mol.